The molecule has 0 radical (unpaired) electrons. The summed E-state index contributed by atoms with van der Waals surface area (Å²) in [4.78, 5) is 25.9. The molecule has 0 aromatic carbocycles. The summed E-state index contributed by atoms with van der Waals surface area (Å²) in [5.74, 6) is 0.753. The molecular weight excluding hydrogens is 360 g/mol. The highest BCUT2D eigenvalue weighted by molar-refractivity contribution is 5.73. The maximum absolute atomic E-state index is 12.7. The van der Waals surface area contributed by atoms with E-state index in [1.807, 2.05) is 19.2 Å². The Morgan fingerprint density at radius 3 is 3.07 bits per heavy atom. The van der Waals surface area contributed by atoms with Crippen molar-refractivity contribution in [2.75, 3.05) is 18.5 Å². The van der Waals surface area contributed by atoms with Crippen LogP contribution in [-0.4, -0.2) is 46.9 Å². The first-order valence-corrected chi connectivity index (χ1v) is 9.17. The van der Waals surface area contributed by atoms with Gasteiger partial charge >= 0.3 is 5.69 Å². The fourth-order valence-electron chi connectivity index (χ4n) is 3.60. The van der Waals surface area contributed by atoms with E-state index in [-0.39, 0.29) is 5.69 Å². The van der Waals surface area contributed by atoms with Gasteiger partial charge in [-0.2, -0.15) is 10.1 Å². The van der Waals surface area contributed by atoms with E-state index in [2.05, 4.69) is 25.4 Å². The van der Waals surface area contributed by atoms with Crippen LogP contribution in [0, 0.1) is 12.8 Å². The zero-order valence-corrected chi connectivity index (χ0v) is 15.7. The number of pyridine rings is 1. The predicted octanol–water partition coefficient (Wildman–Crippen LogP) is 1.26. The molecule has 5 heterocycles. The molecule has 4 aromatic heterocycles. The molecule has 1 atom stereocenters. The summed E-state index contributed by atoms with van der Waals surface area (Å²) in [6.07, 6.45) is 5.99. The lowest BCUT2D eigenvalue weighted by molar-refractivity contribution is 0.182. The van der Waals surface area contributed by atoms with Crippen molar-refractivity contribution in [1.82, 2.24) is 33.7 Å². The van der Waals surface area contributed by atoms with Crippen molar-refractivity contribution in [2.45, 2.75) is 19.9 Å². The van der Waals surface area contributed by atoms with Crippen LogP contribution in [0.2, 0.25) is 0 Å². The van der Waals surface area contributed by atoms with Gasteiger partial charge in [-0.3, -0.25) is 9.13 Å². The monoisotopic (exact) mass is 380 g/mol. The van der Waals surface area contributed by atoms with E-state index in [9.17, 15) is 4.79 Å². The minimum absolute atomic E-state index is 0.0893. The number of anilines is 2. The molecule has 5 rings (SSSR count). The summed E-state index contributed by atoms with van der Waals surface area (Å²) >= 11 is 0. The van der Waals surface area contributed by atoms with Crippen LogP contribution in [0.3, 0.4) is 0 Å². The van der Waals surface area contributed by atoms with E-state index >= 15 is 0 Å². The Labute approximate surface area is 159 Å². The molecule has 10 heteroatoms. The maximum atomic E-state index is 12.7. The Kier molecular flexibility index (Phi) is 3.86. The SMILES string of the molecule is Cc1cc2ncnn2cc1Nc1ncc2c(n1)n(CC1CCOC1)c(=O)n2C. The van der Waals surface area contributed by atoms with Crippen LogP contribution in [0.4, 0.5) is 11.6 Å². The number of ether oxygens (including phenoxy) is 1. The van der Waals surface area contributed by atoms with Crippen LogP contribution in [0.1, 0.15) is 12.0 Å². The summed E-state index contributed by atoms with van der Waals surface area (Å²) in [7, 11) is 1.74. The molecule has 1 fully saturated rings. The molecule has 0 saturated carbocycles. The van der Waals surface area contributed by atoms with Gasteiger partial charge in [-0.05, 0) is 25.0 Å². The minimum Gasteiger partial charge on any atom is -0.381 e. The van der Waals surface area contributed by atoms with Gasteiger partial charge < -0.3 is 10.1 Å². The second kappa shape index (κ2) is 6.41. The normalized spacial score (nSPS) is 17.0. The zero-order valence-electron chi connectivity index (χ0n) is 15.7. The predicted molar refractivity (Wildman–Crippen MR) is 103 cm³/mol. The molecule has 28 heavy (non-hydrogen) atoms. The number of aryl methyl sites for hydroxylation is 2. The fraction of sp³-hybridized carbons (Fsp3) is 0.389. The minimum atomic E-state index is -0.0893. The summed E-state index contributed by atoms with van der Waals surface area (Å²) < 4.78 is 10.4. The smallest absolute Gasteiger partial charge is 0.330 e. The standard InChI is InChI=1S/C18H20N8O2/c1-11-5-15-20-10-21-26(15)8-13(11)22-17-19-6-14-16(23-17)25(18(27)24(14)2)7-12-3-4-28-9-12/h5-6,8,10,12H,3-4,7,9H2,1-2H3,(H,19,22,23). The van der Waals surface area contributed by atoms with Gasteiger partial charge in [0.25, 0.3) is 0 Å². The van der Waals surface area contributed by atoms with Gasteiger partial charge in [-0.25, -0.2) is 19.3 Å². The zero-order chi connectivity index (χ0) is 19.3. The van der Waals surface area contributed by atoms with Crippen molar-refractivity contribution >= 4 is 28.4 Å². The first-order valence-electron chi connectivity index (χ1n) is 9.17. The molecule has 1 aliphatic heterocycles. The Bertz CT molecular complexity index is 1230. The van der Waals surface area contributed by atoms with Crippen LogP contribution in [-0.2, 0) is 18.3 Å². The van der Waals surface area contributed by atoms with Gasteiger partial charge in [-0.15, -0.1) is 0 Å². The number of hydrogen-bond acceptors (Lipinski definition) is 7. The summed E-state index contributed by atoms with van der Waals surface area (Å²) in [5.41, 5.74) is 3.84. The molecule has 10 nitrogen and oxygen atoms in total. The summed E-state index contributed by atoms with van der Waals surface area (Å²) in [6, 6.07) is 1.94. The van der Waals surface area contributed by atoms with Crippen molar-refractivity contribution in [3.05, 3.63) is 40.8 Å². The van der Waals surface area contributed by atoms with Crippen LogP contribution in [0.15, 0.2) is 29.6 Å². The molecule has 4 aromatic rings. The van der Waals surface area contributed by atoms with Gasteiger partial charge in [0.05, 0.1) is 24.7 Å². The first kappa shape index (κ1) is 16.9. The third-order valence-corrected chi connectivity index (χ3v) is 5.22. The van der Waals surface area contributed by atoms with Gasteiger partial charge in [0, 0.05) is 26.1 Å². The number of fused-ring (bicyclic) bond motifs is 2. The molecule has 1 saturated heterocycles. The van der Waals surface area contributed by atoms with Gasteiger partial charge in [0.15, 0.2) is 11.3 Å². The summed E-state index contributed by atoms with van der Waals surface area (Å²) in [5, 5.41) is 7.40. The van der Waals surface area contributed by atoms with E-state index in [4.69, 9.17) is 4.74 Å². The Hall–Kier alpha value is -3.27. The van der Waals surface area contributed by atoms with E-state index in [1.54, 1.807) is 26.9 Å². The quantitative estimate of drug-likeness (QED) is 0.568. The fourth-order valence-corrected chi connectivity index (χ4v) is 3.60. The van der Waals surface area contributed by atoms with Crippen molar-refractivity contribution < 1.29 is 4.74 Å². The van der Waals surface area contributed by atoms with E-state index in [0.717, 1.165) is 29.9 Å². The molecule has 0 spiro atoms. The van der Waals surface area contributed by atoms with Crippen molar-refractivity contribution in [3.63, 3.8) is 0 Å². The molecule has 0 amide bonds. The van der Waals surface area contributed by atoms with Crippen molar-refractivity contribution in [1.29, 1.82) is 0 Å². The highest BCUT2D eigenvalue weighted by Gasteiger charge is 2.21. The van der Waals surface area contributed by atoms with Gasteiger partial charge in [0.1, 0.15) is 11.8 Å². The van der Waals surface area contributed by atoms with Crippen LogP contribution in [0.25, 0.3) is 16.8 Å². The number of rotatable bonds is 4. The number of nitrogens with one attached hydrogen (secondary N) is 1. The number of imidazole rings is 1. The third kappa shape index (κ3) is 2.73. The van der Waals surface area contributed by atoms with E-state index in [0.29, 0.717) is 36.2 Å². The first-order chi connectivity index (χ1) is 13.6. The van der Waals surface area contributed by atoms with Crippen LogP contribution >= 0.6 is 0 Å². The van der Waals surface area contributed by atoms with Gasteiger partial charge in [-0.1, -0.05) is 0 Å². The Balaban J connectivity index is 1.54. The van der Waals surface area contributed by atoms with Crippen LogP contribution in [0.5, 0.6) is 0 Å². The average Bonchev–Trinajstić information content (AvgIpc) is 3.40. The number of aromatic nitrogens is 7. The highest BCUT2D eigenvalue weighted by Crippen LogP contribution is 2.21. The average molecular weight is 380 g/mol. The lowest BCUT2D eigenvalue weighted by Crippen LogP contribution is -2.25. The van der Waals surface area contributed by atoms with E-state index < -0.39 is 0 Å². The Morgan fingerprint density at radius 2 is 2.25 bits per heavy atom. The van der Waals surface area contributed by atoms with Gasteiger partial charge in [0.2, 0.25) is 5.95 Å². The van der Waals surface area contributed by atoms with Crippen LogP contribution < -0.4 is 11.0 Å². The molecule has 1 N–H and O–H groups in total. The number of hydrogen-bond donors (Lipinski definition) is 1. The third-order valence-electron chi connectivity index (χ3n) is 5.22. The molecular formula is C18H20N8O2. The molecule has 1 unspecified atom stereocenters. The Morgan fingerprint density at radius 1 is 1.36 bits per heavy atom. The lowest BCUT2D eigenvalue weighted by atomic mass is 10.1. The molecule has 0 bridgehead atoms. The lowest BCUT2D eigenvalue weighted by Gasteiger charge is -2.10. The maximum Gasteiger partial charge on any atom is 0.330 e. The second-order valence-electron chi connectivity index (χ2n) is 7.14. The van der Waals surface area contributed by atoms with Crippen molar-refractivity contribution in [3.8, 4) is 0 Å². The highest BCUT2D eigenvalue weighted by atomic mass is 16.5. The topological polar surface area (TPSA) is 104 Å². The molecule has 0 aliphatic carbocycles. The number of nitrogens with zero attached hydrogens (tertiary/aromatic N) is 7. The van der Waals surface area contributed by atoms with E-state index in [1.165, 1.54) is 6.33 Å². The summed E-state index contributed by atoms with van der Waals surface area (Å²) in [6.45, 7) is 4.00. The second-order valence-corrected chi connectivity index (χ2v) is 7.14. The molecule has 1 aliphatic rings. The largest absolute Gasteiger partial charge is 0.381 e. The van der Waals surface area contributed by atoms with Crippen molar-refractivity contribution in [2.24, 2.45) is 13.0 Å². The molecule has 144 valence electrons.